The number of nitrogens with two attached hydrogens (primary N) is 1. The minimum Gasteiger partial charge on any atom is -0.454 e. The predicted molar refractivity (Wildman–Crippen MR) is 118 cm³/mol. The minimum absolute atomic E-state index is 0.00409. The molecule has 4 heterocycles. The van der Waals surface area contributed by atoms with Crippen LogP contribution in [-0.2, 0) is 24.2 Å². The van der Waals surface area contributed by atoms with Gasteiger partial charge in [-0.1, -0.05) is 6.42 Å². The highest BCUT2D eigenvalue weighted by molar-refractivity contribution is 7.19. The molecule has 2 aliphatic rings. The fourth-order valence-electron chi connectivity index (χ4n) is 4.42. The van der Waals surface area contributed by atoms with Crippen molar-refractivity contribution in [2.75, 3.05) is 23.7 Å². The Morgan fingerprint density at radius 2 is 1.97 bits per heavy atom. The number of anilines is 2. The van der Waals surface area contributed by atoms with Crippen LogP contribution in [0.4, 0.5) is 11.6 Å². The smallest absolute Gasteiger partial charge is 0.342 e. The summed E-state index contributed by atoms with van der Waals surface area (Å²) in [6.07, 6.45) is 9.71. The van der Waals surface area contributed by atoms with Gasteiger partial charge in [-0.15, -0.1) is 11.3 Å². The predicted octanol–water partition coefficient (Wildman–Crippen LogP) is 3.89. The molecule has 0 amide bonds. The van der Waals surface area contributed by atoms with Crippen LogP contribution in [0.2, 0.25) is 0 Å². The summed E-state index contributed by atoms with van der Waals surface area (Å²) in [5.41, 5.74) is 8.10. The Labute approximate surface area is 179 Å². The lowest BCUT2D eigenvalue weighted by molar-refractivity contribution is 0.0463. The third-order valence-electron chi connectivity index (χ3n) is 5.88. The standard InChI is InChI=1S/C22H25N5O2S/c23-19-18-14-7-2-1-3-9-16(14)30-21(18)26-17(25-19)13-29-22(28)15-8-6-10-24-20(15)27-11-4-5-12-27/h6,8,10H,1-5,7,9,11-13H2,(H2,23,25,26). The molecule has 0 radical (unpaired) electrons. The van der Waals surface area contributed by atoms with Gasteiger partial charge in [0, 0.05) is 24.2 Å². The number of carbonyl (C=O) groups excluding carboxylic acids is 1. The molecule has 0 spiro atoms. The normalized spacial score (nSPS) is 16.5. The molecule has 5 rings (SSSR count). The second kappa shape index (κ2) is 8.18. The number of aromatic nitrogens is 3. The van der Waals surface area contributed by atoms with Crippen LogP contribution in [-0.4, -0.2) is 34.0 Å². The van der Waals surface area contributed by atoms with Gasteiger partial charge < -0.3 is 15.4 Å². The molecule has 3 aromatic heterocycles. The van der Waals surface area contributed by atoms with Crippen LogP contribution in [0.25, 0.3) is 10.2 Å². The fraction of sp³-hybridized carbons (Fsp3) is 0.455. The molecular formula is C22H25N5O2S. The molecule has 0 saturated carbocycles. The second-order valence-corrected chi connectivity index (χ2v) is 9.00. The van der Waals surface area contributed by atoms with Crippen molar-refractivity contribution in [1.29, 1.82) is 0 Å². The molecule has 2 N–H and O–H groups in total. The molecule has 1 fully saturated rings. The maximum absolute atomic E-state index is 12.8. The van der Waals surface area contributed by atoms with Gasteiger partial charge in [-0.05, 0) is 56.2 Å². The Kier molecular flexibility index (Phi) is 5.25. The van der Waals surface area contributed by atoms with E-state index in [1.807, 2.05) is 0 Å². The molecule has 1 saturated heterocycles. The number of esters is 1. The summed E-state index contributed by atoms with van der Waals surface area (Å²) in [5, 5.41) is 0.996. The maximum atomic E-state index is 12.8. The van der Waals surface area contributed by atoms with Crippen LogP contribution < -0.4 is 10.6 Å². The van der Waals surface area contributed by atoms with Crippen molar-refractivity contribution in [2.45, 2.75) is 51.6 Å². The lowest BCUT2D eigenvalue weighted by atomic mass is 10.1. The summed E-state index contributed by atoms with van der Waals surface area (Å²) >= 11 is 1.70. The minimum atomic E-state index is -0.408. The molecule has 156 valence electrons. The van der Waals surface area contributed by atoms with Crippen LogP contribution in [0.15, 0.2) is 18.3 Å². The maximum Gasteiger partial charge on any atom is 0.342 e. The van der Waals surface area contributed by atoms with Gasteiger partial charge in [0.1, 0.15) is 22.0 Å². The van der Waals surface area contributed by atoms with Gasteiger partial charge in [-0.3, -0.25) is 0 Å². The molecule has 0 atom stereocenters. The topological polar surface area (TPSA) is 94.2 Å². The number of ether oxygens (including phenoxy) is 1. The molecule has 7 nitrogen and oxygen atoms in total. The van der Waals surface area contributed by atoms with Crippen molar-refractivity contribution >= 4 is 39.2 Å². The van der Waals surface area contributed by atoms with Crippen molar-refractivity contribution in [3.63, 3.8) is 0 Å². The lowest BCUT2D eigenvalue weighted by Crippen LogP contribution is -2.22. The second-order valence-electron chi connectivity index (χ2n) is 7.91. The van der Waals surface area contributed by atoms with Crippen molar-refractivity contribution in [3.05, 3.63) is 40.2 Å². The van der Waals surface area contributed by atoms with Gasteiger partial charge in [0.15, 0.2) is 12.4 Å². The SMILES string of the molecule is Nc1nc(COC(=O)c2cccnc2N2CCCC2)nc2sc3c(c12)CCCCC3. The van der Waals surface area contributed by atoms with Crippen molar-refractivity contribution < 1.29 is 9.53 Å². The zero-order valence-electron chi connectivity index (χ0n) is 16.9. The van der Waals surface area contributed by atoms with E-state index in [1.165, 1.54) is 29.7 Å². The van der Waals surface area contributed by atoms with Gasteiger partial charge in [-0.2, -0.15) is 0 Å². The number of carbonyl (C=O) groups is 1. The van der Waals surface area contributed by atoms with Crippen LogP contribution in [0.1, 0.15) is 58.7 Å². The van der Waals surface area contributed by atoms with E-state index in [0.29, 0.717) is 23.0 Å². The Balaban J connectivity index is 1.36. The lowest BCUT2D eigenvalue weighted by Gasteiger charge is -2.18. The molecule has 8 heteroatoms. The quantitative estimate of drug-likeness (QED) is 0.502. The van der Waals surface area contributed by atoms with Gasteiger partial charge in [0.05, 0.1) is 5.39 Å². The average Bonchev–Trinajstić information content (AvgIpc) is 3.35. The Bertz CT molecular complexity index is 1090. The molecule has 3 aromatic rings. The summed E-state index contributed by atoms with van der Waals surface area (Å²) in [5.74, 6) is 1.22. The molecule has 0 aromatic carbocycles. The molecule has 30 heavy (non-hydrogen) atoms. The van der Waals surface area contributed by atoms with E-state index in [9.17, 15) is 4.79 Å². The molecule has 0 bridgehead atoms. The zero-order chi connectivity index (χ0) is 20.5. The number of fused-ring (bicyclic) bond motifs is 3. The van der Waals surface area contributed by atoms with Gasteiger partial charge >= 0.3 is 5.97 Å². The monoisotopic (exact) mass is 423 g/mol. The van der Waals surface area contributed by atoms with E-state index in [2.05, 4.69) is 19.9 Å². The number of hydrogen-bond donors (Lipinski definition) is 1. The average molecular weight is 424 g/mol. The highest BCUT2D eigenvalue weighted by Gasteiger charge is 2.23. The van der Waals surface area contributed by atoms with Crippen molar-refractivity contribution in [3.8, 4) is 0 Å². The van der Waals surface area contributed by atoms with Crippen molar-refractivity contribution in [1.82, 2.24) is 15.0 Å². The van der Waals surface area contributed by atoms with Crippen LogP contribution in [0, 0.1) is 0 Å². The summed E-state index contributed by atoms with van der Waals surface area (Å²) in [7, 11) is 0. The van der Waals surface area contributed by atoms with Crippen LogP contribution >= 0.6 is 11.3 Å². The molecular weight excluding hydrogens is 398 g/mol. The molecule has 0 unspecified atom stereocenters. The Morgan fingerprint density at radius 3 is 2.83 bits per heavy atom. The Hall–Kier alpha value is -2.74. The van der Waals surface area contributed by atoms with E-state index in [1.54, 1.807) is 29.7 Å². The molecule has 1 aliphatic carbocycles. The van der Waals surface area contributed by atoms with Crippen LogP contribution in [0.5, 0.6) is 0 Å². The van der Waals surface area contributed by atoms with Crippen molar-refractivity contribution in [2.24, 2.45) is 0 Å². The fourth-order valence-corrected chi connectivity index (χ4v) is 5.71. The van der Waals surface area contributed by atoms with Crippen LogP contribution in [0.3, 0.4) is 0 Å². The third kappa shape index (κ3) is 3.60. The summed E-state index contributed by atoms with van der Waals surface area (Å²) in [6, 6.07) is 3.52. The van der Waals surface area contributed by atoms with Gasteiger partial charge in [0.25, 0.3) is 0 Å². The number of rotatable bonds is 4. The van der Waals surface area contributed by atoms with E-state index in [0.717, 1.165) is 49.0 Å². The number of aryl methyl sites for hydroxylation is 2. The highest BCUT2D eigenvalue weighted by atomic mass is 32.1. The number of hydrogen-bond acceptors (Lipinski definition) is 8. The zero-order valence-corrected chi connectivity index (χ0v) is 17.7. The summed E-state index contributed by atoms with van der Waals surface area (Å²) < 4.78 is 5.56. The first kappa shape index (κ1) is 19.2. The van der Waals surface area contributed by atoms with Gasteiger partial charge in [0.2, 0.25) is 0 Å². The molecule has 1 aliphatic heterocycles. The summed E-state index contributed by atoms with van der Waals surface area (Å²) in [4.78, 5) is 30.7. The third-order valence-corrected chi connectivity index (χ3v) is 7.07. The number of nitrogen functional groups attached to an aromatic ring is 1. The number of nitrogens with zero attached hydrogens (tertiary/aromatic N) is 4. The van der Waals surface area contributed by atoms with E-state index < -0.39 is 5.97 Å². The number of thiophene rings is 1. The Morgan fingerprint density at radius 1 is 1.13 bits per heavy atom. The first-order valence-corrected chi connectivity index (χ1v) is 11.5. The highest BCUT2D eigenvalue weighted by Crippen LogP contribution is 2.37. The van der Waals surface area contributed by atoms with E-state index in [-0.39, 0.29) is 6.61 Å². The summed E-state index contributed by atoms with van der Waals surface area (Å²) in [6.45, 7) is 1.82. The largest absolute Gasteiger partial charge is 0.454 e. The number of pyridine rings is 1. The first-order valence-electron chi connectivity index (χ1n) is 10.6. The van der Waals surface area contributed by atoms with E-state index >= 15 is 0 Å². The van der Waals surface area contributed by atoms with E-state index in [4.69, 9.17) is 10.5 Å². The first-order chi connectivity index (χ1) is 14.7. The van der Waals surface area contributed by atoms with Gasteiger partial charge in [-0.25, -0.2) is 19.7 Å².